The van der Waals surface area contributed by atoms with Crippen LogP contribution in [0.3, 0.4) is 0 Å². The fourth-order valence-electron chi connectivity index (χ4n) is 6.03. The van der Waals surface area contributed by atoms with Crippen LogP contribution in [0.5, 0.6) is 11.5 Å². The molecule has 3 aliphatic rings. The molecule has 182 valence electrons. The van der Waals surface area contributed by atoms with Crippen molar-refractivity contribution in [3.8, 4) is 11.5 Å². The van der Waals surface area contributed by atoms with Crippen molar-refractivity contribution in [2.45, 2.75) is 56.0 Å². The third kappa shape index (κ3) is 4.58. The summed E-state index contributed by atoms with van der Waals surface area (Å²) in [7, 11) is 3.35. The summed E-state index contributed by atoms with van der Waals surface area (Å²) in [5.74, 6) is 1.96. The first-order chi connectivity index (χ1) is 16.5. The lowest BCUT2D eigenvalue weighted by molar-refractivity contribution is 0.132. The van der Waals surface area contributed by atoms with Crippen LogP contribution < -0.4 is 20.1 Å². The summed E-state index contributed by atoms with van der Waals surface area (Å²) < 4.78 is 24.6. The number of urea groups is 1. The largest absolute Gasteiger partial charge is 0.493 e. The van der Waals surface area contributed by atoms with E-state index >= 15 is 0 Å². The highest BCUT2D eigenvalue weighted by molar-refractivity contribution is 5.89. The van der Waals surface area contributed by atoms with Crippen LogP contribution in [0.4, 0.5) is 14.9 Å². The molecule has 0 aromatic heterocycles. The maximum absolute atomic E-state index is 13.5. The van der Waals surface area contributed by atoms with Crippen molar-refractivity contribution in [3.63, 3.8) is 0 Å². The van der Waals surface area contributed by atoms with E-state index in [2.05, 4.69) is 27.7 Å². The van der Waals surface area contributed by atoms with Gasteiger partial charge in [0.15, 0.2) is 11.5 Å². The van der Waals surface area contributed by atoms with E-state index < -0.39 is 0 Å². The van der Waals surface area contributed by atoms with E-state index in [4.69, 9.17) is 9.47 Å². The fourth-order valence-corrected chi connectivity index (χ4v) is 6.03. The second kappa shape index (κ2) is 9.45. The molecule has 6 nitrogen and oxygen atoms in total. The Hall–Kier alpha value is -2.80. The molecule has 2 N–H and O–H groups in total. The standard InChI is InChI=1S/C27H34FN3O3/c1-33-23-9-8-19(14-24(23)34-2)27-11-10-22(16-25(27)31(13-12-27)17-18-6-7-18)30-26(32)29-21-5-3-4-20(28)15-21/h3-5,8-9,14-15,18,22,25H,6-7,10-13,16-17H2,1-2H3,(H2,29,30,32)/t22-,25+,27+/m1/s1. The van der Waals surface area contributed by atoms with E-state index in [1.807, 2.05) is 6.07 Å². The van der Waals surface area contributed by atoms with Gasteiger partial charge < -0.3 is 20.1 Å². The molecule has 0 radical (unpaired) electrons. The van der Waals surface area contributed by atoms with E-state index in [0.717, 1.165) is 56.2 Å². The lowest BCUT2D eigenvalue weighted by atomic mass is 9.65. The van der Waals surface area contributed by atoms with Gasteiger partial charge in [0.1, 0.15) is 5.82 Å². The maximum Gasteiger partial charge on any atom is 0.319 e. The third-order valence-corrected chi connectivity index (χ3v) is 7.94. The molecule has 2 aromatic rings. The van der Waals surface area contributed by atoms with Crippen LogP contribution in [0, 0.1) is 11.7 Å². The second-order valence-corrected chi connectivity index (χ2v) is 10.0. The van der Waals surface area contributed by atoms with Crippen molar-refractivity contribution in [1.82, 2.24) is 10.2 Å². The Morgan fingerprint density at radius 1 is 1.09 bits per heavy atom. The number of rotatable bonds is 7. The van der Waals surface area contributed by atoms with Crippen LogP contribution in [0.1, 0.15) is 44.1 Å². The van der Waals surface area contributed by atoms with Crippen molar-refractivity contribution in [3.05, 3.63) is 53.8 Å². The molecule has 1 heterocycles. The van der Waals surface area contributed by atoms with Crippen molar-refractivity contribution in [1.29, 1.82) is 0 Å². The zero-order valence-corrected chi connectivity index (χ0v) is 20.0. The number of amides is 2. The Balaban J connectivity index is 1.34. The molecule has 2 saturated carbocycles. The number of hydrogen-bond donors (Lipinski definition) is 2. The molecular formula is C27H34FN3O3. The molecule has 2 amide bonds. The van der Waals surface area contributed by atoms with Gasteiger partial charge in [-0.2, -0.15) is 0 Å². The Morgan fingerprint density at radius 3 is 2.65 bits per heavy atom. The quantitative estimate of drug-likeness (QED) is 0.606. The summed E-state index contributed by atoms with van der Waals surface area (Å²) in [6.45, 7) is 2.22. The lowest BCUT2D eigenvalue weighted by Gasteiger charge is -2.45. The van der Waals surface area contributed by atoms with Gasteiger partial charge in [0.25, 0.3) is 0 Å². The molecule has 0 spiro atoms. The minimum absolute atomic E-state index is 0.0473. The van der Waals surface area contributed by atoms with Crippen LogP contribution in [-0.2, 0) is 5.41 Å². The number of ether oxygens (including phenoxy) is 2. The van der Waals surface area contributed by atoms with Gasteiger partial charge in [-0.25, -0.2) is 9.18 Å². The molecule has 2 aromatic carbocycles. The van der Waals surface area contributed by atoms with Crippen LogP contribution in [-0.4, -0.2) is 50.3 Å². The predicted octanol–water partition coefficient (Wildman–Crippen LogP) is 4.94. The normalized spacial score (nSPS) is 26.6. The molecule has 3 fully saturated rings. The highest BCUT2D eigenvalue weighted by Crippen LogP contribution is 2.51. The number of hydrogen-bond acceptors (Lipinski definition) is 4. The first-order valence-corrected chi connectivity index (χ1v) is 12.3. The number of carbonyl (C=O) groups excluding carboxylic acids is 1. The number of methoxy groups -OCH3 is 2. The van der Waals surface area contributed by atoms with Gasteiger partial charge in [0.05, 0.1) is 14.2 Å². The van der Waals surface area contributed by atoms with Gasteiger partial charge in [-0.1, -0.05) is 12.1 Å². The summed E-state index contributed by atoms with van der Waals surface area (Å²) >= 11 is 0. The van der Waals surface area contributed by atoms with Gasteiger partial charge in [-0.05, 0) is 86.9 Å². The second-order valence-electron chi connectivity index (χ2n) is 10.0. The Morgan fingerprint density at radius 2 is 1.91 bits per heavy atom. The first-order valence-electron chi connectivity index (χ1n) is 12.3. The molecule has 1 aliphatic heterocycles. The van der Waals surface area contributed by atoms with E-state index in [1.54, 1.807) is 26.4 Å². The molecule has 2 aliphatic carbocycles. The number of anilines is 1. The lowest BCUT2D eigenvalue weighted by Crippen LogP contribution is -2.53. The number of carbonyl (C=O) groups is 1. The zero-order valence-electron chi connectivity index (χ0n) is 20.0. The fraction of sp³-hybridized carbons (Fsp3) is 0.519. The summed E-state index contributed by atoms with van der Waals surface area (Å²) in [6.07, 6.45) is 6.56. The van der Waals surface area contributed by atoms with Crippen molar-refractivity contribution in [2.75, 3.05) is 32.6 Å². The molecule has 1 saturated heterocycles. The van der Waals surface area contributed by atoms with Gasteiger partial charge >= 0.3 is 6.03 Å². The zero-order chi connectivity index (χ0) is 23.7. The highest BCUT2D eigenvalue weighted by Gasteiger charge is 2.52. The van der Waals surface area contributed by atoms with E-state index in [-0.39, 0.29) is 23.3 Å². The molecule has 0 unspecified atom stereocenters. The smallest absolute Gasteiger partial charge is 0.319 e. The monoisotopic (exact) mass is 467 g/mol. The number of benzene rings is 2. The summed E-state index contributed by atoms with van der Waals surface area (Å²) in [5.41, 5.74) is 1.81. The van der Waals surface area contributed by atoms with Crippen LogP contribution in [0.2, 0.25) is 0 Å². The van der Waals surface area contributed by atoms with Gasteiger partial charge in [0, 0.05) is 29.7 Å². The molecule has 7 heteroatoms. The molecule has 5 rings (SSSR count). The highest BCUT2D eigenvalue weighted by atomic mass is 19.1. The first kappa shape index (κ1) is 23.0. The number of likely N-dealkylation sites (tertiary alicyclic amines) is 1. The number of fused-ring (bicyclic) bond motifs is 1. The summed E-state index contributed by atoms with van der Waals surface area (Å²) in [6, 6.07) is 12.5. The van der Waals surface area contributed by atoms with Crippen molar-refractivity contribution in [2.24, 2.45) is 5.92 Å². The van der Waals surface area contributed by atoms with Crippen LogP contribution in [0.25, 0.3) is 0 Å². The number of nitrogens with zero attached hydrogens (tertiary/aromatic N) is 1. The van der Waals surface area contributed by atoms with Crippen LogP contribution >= 0.6 is 0 Å². The average Bonchev–Trinajstić information content (AvgIpc) is 3.58. The van der Waals surface area contributed by atoms with E-state index in [1.165, 1.54) is 30.5 Å². The average molecular weight is 468 g/mol. The Kier molecular flexibility index (Phi) is 6.38. The van der Waals surface area contributed by atoms with E-state index in [0.29, 0.717) is 11.7 Å². The van der Waals surface area contributed by atoms with Crippen molar-refractivity contribution >= 4 is 11.7 Å². The van der Waals surface area contributed by atoms with Crippen LogP contribution in [0.15, 0.2) is 42.5 Å². The Labute approximate surface area is 200 Å². The van der Waals surface area contributed by atoms with Gasteiger partial charge in [-0.15, -0.1) is 0 Å². The van der Waals surface area contributed by atoms with E-state index in [9.17, 15) is 9.18 Å². The number of halogens is 1. The molecule has 34 heavy (non-hydrogen) atoms. The third-order valence-electron chi connectivity index (χ3n) is 7.94. The van der Waals surface area contributed by atoms with Gasteiger partial charge in [-0.3, -0.25) is 4.90 Å². The minimum atomic E-state index is -0.364. The predicted molar refractivity (Wildman–Crippen MR) is 130 cm³/mol. The Bertz CT molecular complexity index is 1040. The minimum Gasteiger partial charge on any atom is -0.493 e. The summed E-state index contributed by atoms with van der Waals surface area (Å²) in [4.78, 5) is 15.3. The summed E-state index contributed by atoms with van der Waals surface area (Å²) in [5, 5.41) is 5.93. The van der Waals surface area contributed by atoms with Gasteiger partial charge in [0.2, 0.25) is 0 Å². The maximum atomic E-state index is 13.5. The SMILES string of the molecule is COc1ccc([C@@]23CC[C@@H](NC(=O)Nc4cccc(F)c4)C[C@@H]2N(CC2CC2)CC3)cc1OC. The molecule has 0 bridgehead atoms. The van der Waals surface area contributed by atoms with Crippen molar-refractivity contribution < 1.29 is 18.7 Å². The topological polar surface area (TPSA) is 62.8 Å². The number of nitrogens with one attached hydrogen (secondary N) is 2. The molecule has 3 atom stereocenters. The molecular weight excluding hydrogens is 433 g/mol.